The predicted octanol–water partition coefficient (Wildman–Crippen LogP) is 1.97. The Kier molecular flexibility index (Phi) is 6.48. The maximum Gasteiger partial charge on any atom is 0.313 e. The zero-order chi connectivity index (χ0) is 20.8. The Morgan fingerprint density at radius 2 is 1.83 bits per heavy atom. The van der Waals surface area contributed by atoms with E-state index in [0.29, 0.717) is 38.0 Å². The molecule has 0 radical (unpaired) electrons. The molecule has 2 N–H and O–H groups in total. The first kappa shape index (κ1) is 20.4. The molecule has 152 valence electrons. The maximum absolute atomic E-state index is 13.2. The van der Waals surface area contributed by atoms with Crippen molar-refractivity contribution in [3.05, 3.63) is 59.9 Å². The fraction of sp³-hybridized carbons (Fsp3) is 0.300. The van der Waals surface area contributed by atoms with Crippen LogP contribution in [-0.4, -0.2) is 47.2 Å². The summed E-state index contributed by atoms with van der Waals surface area (Å²) in [6, 6.07) is 6.26. The van der Waals surface area contributed by atoms with Crippen LogP contribution < -0.4 is 10.6 Å². The van der Waals surface area contributed by atoms with Crippen molar-refractivity contribution < 1.29 is 23.2 Å². The molecular formula is C20H20F2N4O3. The molecule has 9 heteroatoms. The van der Waals surface area contributed by atoms with Gasteiger partial charge in [0.2, 0.25) is 0 Å². The molecule has 1 aromatic carbocycles. The average Bonchev–Trinajstić information content (AvgIpc) is 2.75. The Labute approximate surface area is 166 Å². The van der Waals surface area contributed by atoms with Crippen molar-refractivity contribution in [1.29, 1.82) is 0 Å². The van der Waals surface area contributed by atoms with E-state index in [1.54, 1.807) is 23.2 Å². The number of hydrogen-bond acceptors (Lipinski definition) is 4. The van der Waals surface area contributed by atoms with Crippen LogP contribution in [0.15, 0.2) is 42.7 Å². The number of likely N-dealkylation sites (tertiary alicyclic amines) is 1. The SMILES string of the molecule is O=C(NCC1CCN(C(=O)c2cccnc2)CC1)C(=O)Nc1ccc(F)c(F)c1. The van der Waals surface area contributed by atoms with Gasteiger partial charge in [0.15, 0.2) is 11.6 Å². The van der Waals surface area contributed by atoms with Gasteiger partial charge in [0.1, 0.15) is 0 Å². The fourth-order valence-electron chi connectivity index (χ4n) is 3.09. The van der Waals surface area contributed by atoms with E-state index in [1.165, 1.54) is 12.3 Å². The minimum absolute atomic E-state index is 0.00808. The summed E-state index contributed by atoms with van der Waals surface area (Å²) in [5.41, 5.74) is 0.527. The Balaban J connectivity index is 1.42. The third-order valence-electron chi connectivity index (χ3n) is 4.75. The molecule has 0 atom stereocenters. The number of carbonyl (C=O) groups excluding carboxylic acids is 3. The number of aromatic nitrogens is 1. The van der Waals surface area contributed by atoms with Crippen molar-refractivity contribution in [2.75, 3.05) is 25.0 Å². The highest BCUT2D eigenvalue weighted by molar-refractivity contribution is 6.39. The summed E-state index contributed by atoms with van der Waals surface area (Å²) in [6.45, 7) is 1.39. The molecule has 0 bridgehead atoms. The molecule has 1 aliphatic heterocycles. The van der Waals surface area contributed by atoms with Gasteiger partial charge in [-0.05, 0) is 43.0 Å². The predicted molar refractivity (Wildman–Crippen MR) is 101 cm³/mol. The second-order valence-electron chi connectivity index (χ2n) is 6.77. The summed E-state index contributed by atoms with van der Waals surface area (Å²) in [4.78, 5) is 41.9. The Bertz CT molecular complexity index is 900. The summed E-state index contributed by atoms with van der Waals surface area (Å²) in [6.07, 6.45) is 4.52. The van der Waals surface area contributed by atoms with Gasteiger partial charge in [-0.25, -0.2) is 8.78 Å². The number of nitrogens with zero attached hydrogens (tertiary/aromatic N) is 2. The lowest BCUT2D eigenvalue weighted by molar-refractivity contribution is -0.136. The molecule has 0 spiro atoms. The third kappa shape index (κ3) is 5.34. The number of amides is 3. The summed E-state index contributed by atoms with van der Waals surface area (Å²) in [5.74, 6) is -3.92. The number of carbonyl (C=O) groups is 3. The quantitative estimate of drug-likeness (QED) is 0.765. The van der Waals surface area contributed by atoms with Gasteiger partial charge in [0.25, 0.3) is 5.91 Å². The largest absolute Gasteiger partial charge is 0.348 e. The standard InChI is InChI=1S/C20H20F2N4O3/c21-16-4-3-15(10-17(16)22)25-19(28)18(27)24-11-13-5-8-26(9-6-13)20(29)14-2-1-7-23-12-14/h1-4,7,10,12-13H,5-6,8-9,11H2,(H,24,27)(H,25,28). The molecule has 1 aromatic heterocycles. The van der Waals surface area contributed by atoms with Crippen molar-refractivity contribution in [3.63, 3.8) is 0 Å². The van der Waals surface area contributed by atoms with E-state index in [4.69, 9.17) is 0 Å². The Morgan fingerprint density at radius 1 is 1.07 bits per heavy atom. The fourth-order valence-corrected chi connectivity index (χ4v) is 3.09. The molecule has 0 unspecified atom stereocenters. The number of hydrogen-bond donors (Lipinski definition) is 2. The van der Waals surface area contributed by atoms with Crippen LogP contribution in [0.25, 0.3) is 0 Å². The van der Waals surface area contributed by atoms with Gasteiger partial charge < -0.3 is 15.5 Å². The smallest absolute Gasteiger partial charge is 0.313 e. The van der Waals surface area contributed by atoms with E-state index in [9.17, 15) is 23.2 Å². The number of halogens is 2. The number of pyridine rings is 1. The molecule has 7 nitrogen and oxygen atoms in total. The topological polar surface area (TPSA) is 91.4 Å². The third-order valence-corrected chi connectivity index (χ3v) is 4.75. The van der Waals surface area contributed by atoms with Gasteiger partial charge in [0, 0.05) is 43.8 Å². The average molecular weight is 402 g/mol. The molecule has 0 aliphatic carbocycles. The molecule has 29 heavy (non-hydrogen) atoms. The number of nitrogens with one attached hydrogen (secondary N) is 2. The second kappa shape index (κ2) is 9.22. The Hall–Kier alpha value is -3.36. The molecule has 1 saturated heterocycles. The summed E-state index contributed by atoms with van der Waals surface area (Å²) in [5, 5.41) is 4.76. The van der Waals surface area contributed by atoms with Crippen LogP contribution in [0.1, 0.15) is 23.2 Å². The van der Waals surface area contributed by atoms with Gasteiger partial charge in [-0.2, -0.15) is 0 Å². The van der Waals surface area contributed by atoms with Crippen LogP contribution in [0.4, 0.5) is 14.5 Å². The van der Waals surface area contributed by atoms with Crippen LogP contribution in [0.2, 0.25) is 0 Å². The molecular weight excluding hydrogens is 382 g/mol. The van der Waals surface area contributed by atoms with Crippen LogP contribution in [0, 0.1) is 17.6 Å². The van der Waals surface area contributed by atoms with E-state index in [1.807, 2.05) is 0 Å². The van der Waals surface area contributed by atoms with E-state index in [-0.39, 0.29) is 17.5 Å². The maximum atomic E-state index is 13.2. The van der Waals surface area contributed by atoms with Gasteiger partial charge in [-0.15, -0.1) is 0 Å². The van der Waals surface area contributed by atoms with E-state index < -0.39 is 23.4 Å². The van der Waals surface area contributed by atoms with Gasteiger partial charge >= 0.3 is 11.8 Å². The number of rotatable bonds is 4. The lowest BCUT2D eigenvalue weighted by atomic mass is 9.96. The molecule has 3 rings (SSSR count). The summed E-state index contributed by atoms with van der Waals surface area (Å²) >= 11 is 0. The van der Waals surface area contributed by atoms with Crippen molar-refractivity contribution in [2.45, 2.75) is 12.8 Å². The molecule has 1 fully saturated rings. The van der Waals surface area contributed by atoms with Gasteiger partial charge in [-0.1, -0.05) is 0 Å². The van der Waals surface area contributed by atoms with Gasteiger partial charge in [-0.3, -0.25) is 19.4 Å². The van der Waals surface area contributed by atoms with E-state index >= 15 is 0 Å². The molecule has 2 aromatic rings. The second-order valence-corrected chi connectivity index (χ2v) is 6.77. The highest BCUT2D eigenvalue weighted by Crippen LogP contribution is 2.18. The van der Waals surface area contributed by atoms with Gasteiger partial charge in [0.05, 0.1) is 5.56 Å². The van der Waals surface area contributed by atoms with Crippen LogP contribution in [0.5, 0.6) is 0 Å². The van der Waals surface area contributed by atoms with E-state index in [0.717, 1.165) is 12.1 Å². The molecule has 1 aliphatic rings. The van der Waals surface area contributed by atoms with Crippen molar-refractivity contribution in [3.8, 4) is 0 Å². The van der Waals surface area contributed by atoms with Crippen LogP contribution in [0.3, 0.4) is 0 Å². The number of piperidine rings is 1. The first-order valence-electron chi connectivity index (χ1n) is 9.17. The summed E-state index contributed by atoms with van der Waals surface area (Å²) in [7, 11) is 0. The number of anilines is 1. The monoisotopic (exact) mass is 402 g/mol. The highest BCUT2D eigenvalue weighted by atomic mass is 19.2. The molecule has 2 heterocycles. The molecule has 3 amide bonds. The highest BCUT2D eigenvalue weighted by Gasteiger charge is 2.25. The van der Waals surface area contributed by atoms with Crippen molar-refractivity contribution in [1.82, 2.24) is 15.2 Å². The van der Waals surface area contributed by atoms with Crippen LogP contribution >= 0.6 is 0 Å². The Morgan fingerprint density at radius 3 is 2.48 bits per heavy atom. The summed E-state index contributed by atoms with van der Waals surface area (Å²) < 4.78 is 26.1. The number of benzene rings is 1. The van der Waals surface area contributed by atoms with Crippen molar-refractivity contribution in [2.24, 2.45) is 5.92 Å². The lowest BCUT2D eigenvalue weighted by Gasteiger charge is -2.32. The van der Waals surface area contributed by atoms with E-state index in [2.05, 4.69) is 15.6 Å². The van der Waals surface area contributed by atoms with Crippen LogP contribution in [-0.2, 0) is 9.59 Å². The minimum atomic E-state index is -1.12. The van der Waals surface area contributed by atoms with Crippen molar-refractivity contribution >= 4 is 23.4 Å². The zero-order valence-electron chi connectivity index (χ0n) is 15.5. The first-order chi connectivity index (χ1) is 13.9. The normalized spacial score (nSPS) is 14.3. The zero-order valence-corrected chi connectivity index (χ0v) is 15.5. The molecule has 0 saturated carbocycles. The minimum Gasteiger partial charge on any atom is -0.348 e. The first-order valence-corrected chi connectivity index (χ1v) is 9.17. The lowest BCUT2D eigenvalue weighted by Crippen LogP contribution is -2.43.